The number of phenols is 1. The number of phenolic OH excluding ortho intramolecular Hbond substituents is 1. The van der Waals surface area contributed by atoms with Crippen molar-refractivity contribution < 1.29 is 15.0 Å². The van der Waals surface area contributed by atoms with Crippen molar-refractivity contribution >= 4 is 17.5 Å². The van der Waals surface area contributed by atoms with Crippen LogP contribution in [-0.4, -0.2) is 28.8 Å². The SMILES string of the molecule is CC(O)CC(CNC(=O)Cc1ccc(O)cc1Cl)c1ccccc1. The maximum atomic E-state index is 12.2. The minimum Gasteiger partial charge on any atom is -0.508 e. The molecule has 0 fully saturated rings. The molecule has 2 aromatic rings. The Morgan fingerprint density at radius 3 is 2.54 bits per heavy atom. The van der Waals surface area contributed by atoms with Crippen LogP contribution in [0.4, 0.5) is 0 Å². The third-order valence-electron chi connectivity index (χ3n) is 3.83. The van der Waals surface area contributed by atoms with Gasteiger partial charge in [0.15, 0.2) is 0 Å². The standard InChI is InChI=1S/C19H22ClNO3/c1-13(22)9-16(14-5-3-2-4-6-14)12-21-19(24)10-15-7-8-17(23)11-18(15)20/h2-8,11,13,16,22-23H,9-10,12H2,1H3,(H,21,24). The second-order valence-electron chi connectivity index (χ2n) is 5.95. The molecule has 5 heteroatoms. The zero-order chi connectivity index (χ0) is 17.5. The number of aromatic hydroxyl groups is 1. The van der Waals surface area contributed by atoms with Crippen LogP contribution in [-0.2, 0) is 11.2 Å². The van der Waals surface area contributed by atoms with Gasteiger partial charge in [-0.3, -0.25) is 4.79 Å². The van der Waals surface area contributed by atoms with Crippen molar-refractivity contribution in [3.8, 4) is 5.75 Å². The van der Waals surface area contributed by atoms with Gasteiger partial charge in [0.1, 0.15) is 5.75 Å². The summed E-state index contributed by atoms with van der Waals surface area (Å²) in [7, 11) is 0. The lowest BCUT2D eigenvalue weighted by Crippen LogP contribution is -2.31. The van der Waals surface area contributed by atoms with Crippen LogP contribution in [0, 0.1) is 0 Å². The molecule has 128 valence electrons. The third-order valence-corrected chi connectivity index (χ3v) is 4.18. The predicted octanol–water partition coefficient (Wildman–Crippen LogP) is 3.26. The summed E-state index contributed by atoms with van der Waals surface area (Å²) in [4.78, 5) is 12.2. The topological polar surface area (TPSA) is 69.6 Å². The van der Waals surface area contributed by atoms with Gasteiger partial charge in [0, 0.05) is 17.5 Å². The van der Waals surface area contributed by atoms with E-state index in [0.29, 0.717) is 23.6 Å². The van der Waals surface area contributed by atoms with Gasteiger partial charge in [-0.25, -0.2) is 0 Å². The van der Waals surface area contributed by atoms with E-state index in [1.807, 2.05) is 30.3 Å². The summed E-state index contributed by atoms with van der Waals surface area (Å²) < 4.78 is 0. The van der Waals surface area contributed by atoms with Crippen LogP contribution in [0.25, 0.3) is 0 Å². The number of amides is 1. The first-order valence-electron chi connectivity index (χ1n) is 7.93. The zero-order valence-corrected chi connectivity index (χ0v) is 14.3. The lowest BCUT2D eigenvalue weighted by molar-refractivity contribution is -0.120. The molecule has 2 rings (SSSR count). The molecule has 0 aliphatic heterocycles. The Morgan fingerprint density at radius 1 is 1.21 bits per heavy atom. The average molecular weight is 348 g/mol. The van der Waals surface area contributed by atoms with Crippen LogP contribution in [0.1, 0.15) is 30.4 Å². The fraction of sp³-hybridized carbons (Fsp3) is 0.316. The number of hydrogen-bond donors (Lipinski definition) is 3. The molecule has 0 saturated carbocycles. The van der Waals surface area contributed by atoms with Gasteiger partial charge in [0.2, 0.25) is 5.91 Å². The van der Waals surface area contributed by atoms with Gasteiger partial charge in [-0.15, -0.1) is 0 Å². The Morgan fingerprint density at radius 2 is 1.92 bits per heavy atom. The van der Waals surface area contributed by atoms with Crippen LogP contribution < -0.4 is 5.32 Å². The second-order valence-corrected chi connectivity index (χ2v) is 6.36. The van der Waals surface area contributed by atoms with Gasteiger partial charge in [-0.1, -0.05) is 48.0 Å². The number of hydrogen-bond acceptors (Lipinski definition) is 3. The Hall–Kier alpha value is -2.04. The first-order chi connectivity index (χ1) is 11.5. The number of benzene rings is 2. The van der Waals surface area contributed by atoms with Crippen molar-refractivity contribution in [3.05, 3.63) is 64.7 Å². The highest BCUT2D eigenvalue weighted by molar-refractivity contribution is 6.31. The Bertz CT molecular complexity index is 674. The minimum absolute atomic E-state index is 0.0467. The van der Waals surface area contributed by atoms with Crippen LogP contribution in [0.3, 0.4) is 0 Å². The maximum absolute atomic E-state index is 12.2. The molecule has 2 unspecified atom stereocenters. The van der Waals surface area contributed by atoms with Crippen LogP contribution in [0.5, 0.6) is 5.75 Å². The molecule has 2 aromatic carbocycles. The molecule has 2 atom stereocenters. The molecule has 0 spiro atoms. The summed E-state index contributed by atoms with van der Waals surface area (Å²) in [5.74, 6) is -0.0233. The Kier molecular flexibility index (Phi) is 6.64. The van der Waals surface area contributed by atoms with Crippen molar-refractivity contribution in [1.29, 1.82) is 0 Å². The molecule has 0 heterocycles. The number of halogens is 1. The summed E-state index contributed by atoms with van der Waals surface area (Å²) in [5.41, 5.74) is 1.75. The average Bonchev–Trinajstić information content (AvgIpc) is 2.54. The van der Waals surface area contributed by atoms with E-state index >= 15 is 0 Å². The number of carbonyl (C=O) groups is 1. The Balaban J connectivity index is 1.97. The molecule has 0 aromatic heterocycles. The predicted molar refractivity (Wildman–Crippen MR) is 95.3 cm³/mol. The number of nitrogens with one attached hydrogen (secondary N) is 1. The first-order valence-corrected chi connectivity index (χ1v) is 8.30. The van der Waals surface area contributed by atoms with Crippen molar-refractivity contribution in [2.75, 3.05) is 6.54 Å². The molecular weight excluding hydrogens is 326 g/mol. The van der Waals surface area contributed by atoms with E-state index in [0.717, 1.165) is 5.56 Å². The van der Waals surface area contributed by atoms with Crippen LogP contribution in [0.2, 0.25) is 5.02 Å². The number of aliphatic hydroxyl groups is 1. The number of carbonyl (C=O) groups excluding carboxylic acids is 1. The van der Waals surface area contributed by atoms with Gasteiger partial charge >= 0.3 is 0 Å². The van der Waals surface area contributed by atoms with Crippen molar-refractivity contribution in [3.63, 3.8) is 0 Å². The highest BCUT2D eigenvalue weighted by Gasteiger charge is 2.16. The number of aliphatic hydroxyl groups excluding tert-OH is 1. The van der Waals surface area contributed by atoms with Crippen LogP contribution >= 0.6 is 11.6 Å². The van der Waals surface area contributed by atoms with E-state index in [1.54, 1.807) is 13.0 Å². The smallest absolute Gasteiger partial charge is 0.224 e. The molecular formula is C19H22ClNO3. The van der Waals surface area contributed by atoms with E-state index in [-0.39, 0.29) is 24.0 Å². The summed E-state index contributed by atoms with van der Waals surface area (Å²) in [6.45, 7) is 2.19. The van der Waals surface area contributed by atoms with Crippen molar-refractivity contribution in [1.82, 2.24) is 5.32 Å². The fourth-order valence-electron chi connectivity index (χ4n) is 2.63. The molecule has 0 aliphatic rings. The van der Waals surface area contributed by atoms with Gasteiger partial charge in [-0.05, 0) is 36.6 Å². The van der Waals surface area contributed by atoms with E-state index in [9.17, 15) is 15.0 Å². The summed E-state index contributed by atoms with van der Waals surface area (Å²) >= 11 is 6.03. The monoisotopic (exact) mass is 347 g/mol. The minimum atomic E-state index is -0.446. The lowest BCUT2D eigenvalue weighted by Gasteiger charge is -2.19. The highest BCUT2D eigenvalue weighted by atomic mass is 35.5. The quantitative estimate of drug-likeness (QED) is 0.720. The molecule has 1 amide bonds. The number of rotatable bonds is 7. The second kappa shape index (κ2) is 8.71. The van der Waals surface area contributed by atoms with Gasteiger partial charge in [0.25, 0.3) is 0 Å². The molecule has 24 heavy (non-hydrogen) atoms. The maximum Gasteiger partial charge on any atom is 0.224 e. The zero-order valence-electron chi connectivity index (χ0n) is 13.6. The van der Waals surface area contributed by atoms with E-state index < -0.39 is 6.10 Å². The molecule has 0 saturated heterocycles. The van der Waals surface area contributed by atoms with E-state index in [1.165, 1.54) is 12.1 Å². The summed E-state index contributed by atoms with van der Waals surface area (Å²) in [6, 6.07) is 14.4. The fourth-order valence-corrected chi connectivity index (χ4v) is 2.87. The normalized spacial score (nSPS) is 13.3. The van der Waals surface area contributed by atoms with E-state index in [4.69, 9.17) is 11.6 Å². The summed E-state index contributed by atoms with van der Waals surface area (Å²) in [6.07, 6.45) is 0.276. The molecule has 0 aliphatic carbocycles. The molecule has 0 radical (unpaired) electrons. The lowest BCUT2D eigenvalue weighted by atomic mass is 9.93. The summed E-state index contributed by atoms with van der Waals surface area (Å²) in [5, 5.41) is 22.3. The first kappa shape index (κ1) is 18.3. The van der Waals surface area contributed by atoms with Crippen molar-refractivity contribution in [2.24, 2.45) is 0 Å². The largest absolute Gasteiger partial charge is 0.508 e. The third kappa shape index (κ3) is 5.55. The molecule has 0 bridgehead atoms. The Labute approximate surface area is 147 Å². The van der Waals surface area contributed by atoms with Gasteiger partial charge in [-0.2, -0.15) is 0 Å². The highest BCUT2D eigenvalue weighted by Crippen LogP contribution is 2.23. The van der Waals surface area contributed by atoms with Crippen molar-refractivity contribution in [2.45, 2.75) is 31.8 Å². The van der Waals surface area contributed by atoms with Gasteiger partial charge in [0.05, 0.1) is 12.5 Å². The van der Waals surface area contributed by atoms with E-state index in [2.05, 4.69) is 5.32 Å². The molecule has 3 N–H and O–H groups in total. The van der Waals surface area contributed by atoms with Gasteiger partial charge < -0.3 is 15.5 Å². The molecule has 4 nitrogen and oxygen atoms in total. The van der Waals surface area contributed by atoms with Crippen LogP contribution in [0.15, 0.2) is 48.5 Å².